The lowest BCUT2D eigenvalue weighted by molar-refractivity contribution is 0.0699. The van der Waals surface area contributed by atoms with Gasteiger partial charge in [-0.15, -0.1) is 11.3 Å². The molecule has 0 radical (unpaired) electrons. The number of benzene rings is 1. The van der Waals surface area contributed by atoms with E-state index in [2.05, 4.69) is 15.0 Å². The second kappa shape index (κ2) is 6.57. The highest BCUT2D eigenvalue weighted by Crippen LogP contribution is 2.27. The van der Waals surface area contributed by atoms with Crippen molar-refractivity contribution in [3.8, 4) is 10.6 Å². The number of nitrogens with one attached hydrogen (secondary N) is 1. The number of aromatic amines is 1. The smallest absolute Gasteiger partial charge is 0.273 e. The summed E-state index contributed by atoms with van der Waals surface area (Å²) in [6.07, 6.45) is 5.65. The molecular weight excluding hydrogens is 320 g/mol. The van der Waals surface area contributed by atoms with E-state index < -0.39 is 0 Å². The number of hydrogen-bond acceptors (Lipinski definition) is 4. The van der Waals surface area contributed by atoms with Gasteiger partial charge in [-0.1, -0.05) is 30.3 Å². The van der Waals surface area contributed by atoms with E-state index in [0.717, 1.165) is 35.8 Å². The normalized spacial score (nSPS) is 17.8. The highest BCUT2D eigenvalue weighted by atomic mass is 32.1. The van der Waals surface area contributed by atoms with Crippen molar-refractivity contribution in [2.24, 2.45) is 0 Å². The lowest BCUT2D eigenvalue weighted by atomic mass is 9.97. The van der Waals surface area contributed by atoms with Gasteiger partial charge in [0.05, 0.1) is 0 Å². The van der Waals surface area contributed by atoms with Gasteiger partial charge in [0.2, 0.25) is 0 Å². The molecule has 6 heteroatoms. The van der Waals surface area contributed by atoms with Crippen LogP contribution in [0.1, 0.15) is 35.1 Å². The number of carbonyl (C=O) groups excluding carboxylic acids is 1. The molecule has 0 aliphatic carbocycles. The van der Waals surface area contributed by atoms with E-state index in [1.807, 2.05) is 46.8 Å². The molecule has 5 nitrogen and oxygen atoms in total. The van der Waals surface area contributed by atoms with Crippen molar-refractivity contribution in [2.75, 3.05) is 13.1 Å². The number of carbonyl (C=O) groups is 1. The summed E-state index contributed by atoms with van der Waals surface area (Å²) in [6.45, 7) is 1.48. The van der Waals surface area contributed by atoms with Crippen molar-refractivity contribution in [1.82, 2.24) is 19.9 Å². The minimum absolute atomic E-state index is 0.0182. The van der Waals surface area contributed by atoms with Gasteiger partial charge in [-0.3, -0.25) is 4.79 Å². The van der Waals surface area contributed by atoms with Gasteiger partial charge in [0.15, 0.2) is 0 Å². The molecule has 1 aromatic carbocycles. The molecule has 3 heterocycles. The highest BCUT2D eigenvalue weighted by Gasteiger charge is 2.28. The van der Waals surface area contributed by atoms with E-state index >= 15 is 0 Å². The fourth-order valence-electron chi connectivity index (χ4n) is 3.13. The minimum Gasteiger partial charge on any atom is -0.348 e. The number of thiazole rings is 1. The summed E-state index contributed by atoms with van der Waals surface area (Å²) in [4.78, 5) is 26.8. The van der Waals surface area contributed by atoms with Crippen molar-refractivity contribution < 1.29 is 4.79 Å². The van der Waals surface area contributed by atoms with Gasteiger partial charge in [-0.2, -0.15) is 0 Å². The summed E-state index contributed by atoms with van der Waals surface area (Å²) < 4.78 is 0. The predicted octanol–water partition coefficient (Wildman–Crippen LogP) is 3.55. The number of hydrogen-bond donors (Lipinski definition) is 1. The van der Waals surface area contributed by atoms with Crippen LogP contribution < -0.4 is 0 Å². The van der Waals surface area contributed by atoms with Crippen molar-refractivity contribution in [3.05, 3.63) is 59.6 Å². The zero-order valence-electron chi connectivity index (χ0n) is 13.2. The van der Waals surface area contributed by atoms with Gasteiger partial charge in [-0.25, -0.2) is 9.97 Å². The van der Waals surface area contributed by atoms with E-state index in [-0.39, 0.29) is 11.8 Å². The van der Waals surface area contributed by atoms with Gasteiger partial charge >= 0.3 is 0 Å². The first-order chi connectivity index (χ1) is 11.8. The Morgan fingerprint density at radius 2 is 2.17 bits per heavy atom. The lowest BCUT2D eigenvalue weighted by Gasteiger charge is -2.31. The number of imidazole rings is 1. The summed E-state index contributed by atoms with van der Waals surface area (Å²) in [5, 5.41) is 2.75. The van der Waals surface area contributed by atoms with E-state index in [1.165, 1.54) is 11.3 Å². The van der Waals surface area contributed by atoms with Gasteiger partial charge in [0, 0.05) is 42.3 Å². The van der Waals surface area contributed by atoms with E-state index in [0.29, 0.717) is 12.2 Å². The summed E-state index contributed by atoms with van der Waals surface area (Å²) in [5.41, 5.74) is 1.59. The number of aromatic nitrogens is 3. The Kier molecular flexibility index (Phi) is 4.13. The van der Waals surface area contributed by atoms with Gasteiger partial charge in [0.25, 0.3) is 5.91 Å². The Balaban J connectivity index is 1.50. The third kappa shape index (κ3) is 2.97. The number of H-pyrrole nitrogens is 1. The maximum Gasteiger partial charge on any atom is 0.273 e. The maximum absolute atomic E-state index is 12.8. The molecule has 1 atom stereocenters. The fraction of sp³-hybridized carbons (Fsp3) is 0.278. The predicted molar refractivity (Wildman–Crippen MR) is 94.0 cm³/mol. The van der Waals surface area contributed by atoms with Crippen molar-refractivity contribution >= 4 is 17.2 Å². The topological polar surface area (TPSA) is 61.9 Å². The molecule has 0 saturated carbocycles. The van der Waals surface area contributed by atoms with E-state index in [1.54, 1.807) is 6.20 Å². The zero-order chi connectivity index (χ0) is 16.4. The first-order valence-corrected chi connectivity index (χ1v) is 8.99. The molecule has 1 fully saturated rings. The molecular formula is C18H18N4OS. The number of nitrogens with zero attached hydrogens (tertiary/aromatic N) is 3. The van der Waals surface area contributed by atoms with Crippen LogP contribution in [0.2, 0.25) is 0 Å². The summed E-state index contributed by atoms with van der Waals surface area (Å²) >= 11 is 1.52. The molecule has 122 valence electrons. The third-order valence-corrected chi connectivity index (χ3v) is 5.25. The molecule has 4 rings (SSSR count). The molecule has 1 saturated heterocycles. The summed E-state index contributed by atoms with van der Waals surface area (Å²) in [7, 11) is 0. The Labute approximate surface area is 144 Å². The van der Waals surface area contributed by atoms with Crippen LogP contribution in [-0.2, 0) is 0 Å². The van der Waals surface area contributed by atoms with Crippen LogP contribution in [0.3, 0.4) is 0 Å². The summed E-state index contributed by atoms with van der Waals surface area (Å²) in [6, 6.07) is 9.97. The first-order valence-electron chi connectivity index (χ1n) is 8.11. The van der Waals surface area contributed by atoms with Crippen LogP contribution in [0.4, 0.5) is 0 Å². The molecule has 1 amide bonds. The van der Waals surface area contributed by atoms with Gasteiger partial charge < -0.3 is 9.88 Å². The SMILES string of the molecule is O=C(c1csc(-c2ccccc2)n1)N1CCC[C@@H](c2ncc[nH]2)C1. The molecule has 0 unspecified atom stereocenters. The van der Waals surface area contributed by atoms with Crippen LogP contribution in [0.5, 0.6) is 0 Å². The first kappa shape index (κ1) is 15.1. The number of piperidine rings is 1. The third-order valence-electron chi connectivity index (χ3n) is 4.36. The molecule has 2 aromatic heterocycles. The largest absolute Gasteiger partial charge is 0.348 e. The molecule has 1 aliphatic rings. The minimum atomic E-state index is 0.0182. The average molecular weight is 338 g/mol. The van der Waals surface area contributed by atoms with Crippen LogP contribution in [0.25, 0.3) is 10.6 Å². The quantitative estimate of drug-likeness (QED) is 0.794. The van der Waals surface area contributed by atoms with Crippen LogP contribution in [-0.4, -0.2) is 38.8 Å². The summed E-state index contributed by atoms with van der Waals surface area (Å²) in [5.74, 6) is 1.27. The monoisotopic (exact) mass is 338 g/mol. The Morgan fingerprint density at radius 1 is 1.29 bits per heavy atom. The number of likely N-dealkylation sites (tertiary alicyclic amines) is 1. The molecule has 3 aromatic rings. The van der Waals surface area contributed by atoms with Gasteiger partial charge in [-0.05, 0) is 12.8 Å². The van der Waals surface area contributed by atoms with Crippen LogP contribution in [0.15, 0.2) is 48.1 Å². The second-order valence-corrected chi connectivity index (χ2v) is 6.83. The van der Waals surface area contributed by atoms with Crippen molar-refractivity contribution in [3.63, 3.8) is 0 Å². The average Bonchev–Trinajstić information content (AvgIpc) is 3.34. The zero-order valence-corrected chi connectivity index (χ0v) is 14.0. The molecule has 1 aliphatic heterocycles. The van der Waals surface area contributed by atoms with Crippen molar-refractivity contribution in [2.45, 2.75) is 18.8 Å². The van der Waals surface area contributed by atoms with Gasteiger partial charge in [0.1, 0.15) is 16.5 Å². The fourth-order valence-corrected chi connectivity index (χ4v) is 3.93. The molecule has 1 N–H and O–H groups in total. The Morgan fingerprint density at radius 3 is 2.96 bits per heavy atom. The van der Waals surface area contributed by atoms with Crippen LogP contribution >= 0.6 is 11.3 Å². The Hall–Kier alpha value is -2.47. The number of amides is 1. The standard InChI is InChI=1S/C18H18N4OS/c23-18(15-12-24-17(21-15)13-5-2-1-3-6-13)22-10-4-7-14(11-22)16-19-8-9-20-16/h1-3,5-6,8-9,12,14H,4,7,10-11H2,(H,19,20)/t14-/m1/s1. The highest BCUT2D eigenvalue weighted by molar-refractivity contribution is 7.13. The molecule has 24 heavy (non-hydrogen) atoms. The Bertz CT molecular complexity index is 813. The van der Waals surface area contributed by atoms with E-state index in [4.69, 9.17) is 0 Å². The molecule has 0 spiro atoms. The second-order valence-electron chi connectivity index (χ2n) is 5.97. The molecule has 0 bridgehead atoms. The number of rotatable bonds is 3. The van der Waals surface area contributed by atoms with Crippen LogP contribution in [0, 0.1) is 0 Å². The lowest BCUT2D eigenvalue weighted by Crippen LogP contribution is -2.39. The van der Waals surface area contributed by atoms with Crippen molar-refractivity contribution in [1.29, 1.82) is 0 Å². The van der Waals surface area contributed by atoms with E-state index in [9.17, 15) is 4.79 Å². The maximum atomic E-state index is 12.8.